The molecule has 2 aromatic rings. The number of carbonyl (C=O) groups excluding carboxylic acids is 1. The first kappa shape index (κ1) is 13.4. The van der Waals surface area contributed by atoms with Gasteiger partial charge < -0.3 is 11.1 Å². The Morgan fingerprint density at radius 3 is 2.89 bits per heavy atom. The van der Waals surface area contributed by atoms with E-state index in [0.29, 0.717) is 22.8 Å². The van der Waals surface area contributed by atoms with Gasteiger partial charge in [-0.25, -0.2) is 0 Å². The van der Waals surface area contributed by atoms with Crippen molar-refractivity contribution < 1.29 is 4.79 Å². The molecular weight excluding hydrogens is 262 g/mol. The number of nitrogen functional groups attached to an aromatic ring is 1. The lowest BCUT2D eigenvalue weighted by molar-refractivity contribution is 0.0954. The number of nitrogens with one attached hydrogen (secondary N) is 1. The van der Waals surface area contributed by atoms with Gasteiger partial charge >= 0.3 is 0 Å². The van der Waals surface area contributed by atoms with Crippen LogP contribution in [0.15, 0.2) is 42.7 Å². The molecule has 0 atom stereocenters. The van der Waals surface area contributed by atoms with Gasteiger partial charge in [-0.3, -0.25) is 9.78 Å². The number of pyridine rings is 1. The van der Waals surface area contributed by atoms with Crippen LogP contribution < -0.4 is 11.1 Å². The second kappa shape index (κ2) is 6.20. The zero-order valence-electron chi connectivity index (χ0n) is 10.3. The minimum atomic E-state index is -0.200. The van der Waals surface area contributed by atoms with Gasteiger partial charge in [-0.15, -0.1) is 0 Å². The Morgan fingerprint density at radius 2 is 2.21 bits per heavy atom. The Labute approximate surface area is 116 Å². The summed E-state index contributed by atoms with van der Waals surface area (Å²) in [7, 11) is 0. The molecule has 3 N–H and O–H groups in total. The lowest BCUT2D eigenvalue weighted by atomic mass is 10.2. The fourth-order valence-electron chi connectivity index (χ4n) is 1.68. The molecule has 0 aliphatic rings. The third kappa shape index (κ3) is 3.69. The molecule has 0 aliphatic carbocycles. The van der Waals surface area contributed by atoms with E-state index in [2.05, 4.69) is 10.3 Å². The number of anilines is 1. The van der Waals surface area contributed by atoms with Gasteiger partial charge in [-0.1, -0.05) is 17.7 Å². The predicted octanol–water partition coefficient (Wildman–Crippen LogP) is 2.29. The topological polar surface area (TPSA) is 68.0 Å². The van der Waals surface area contributed by atoms with E-state index < -0.39 is 0 Å². The third-order valence-electron chi connectivity index (χ3n) is 2.66. The van der Waals surface area contributed by atoms with Crippen molar-refractivity contribution in [1.82, 2.24) is 10.3 Å². The fourth-order valence-corrected chi connectivity index (χ4v) is 1.95. The van der Waals surface area contributed by atoms with Crippen molar-refractivity contribution in [3.8, 4) is 0 Å². The summed E-state index contributed by atoms with van der Waals surface area (Å²) in [6.45, 7) is 0.533. The average Bonchev–Trinajstić information content (AvgIpc) is 2.39. The molecule has 1 heterocycles. The number of hydrogen-bond donors (Lipinski definition) is 2. The van der Waals surface area contributed by atoms with Crippen molar-refractivity contribution in [3.05, 3.63) is 58.9 Å². The normalized spacial score (nSPS) is 10.2. The predicted molar refractivity (Wildman–Crippen MR) is 76.1 cm³/mol. The molecule has 1 aromatic heterocycles. The smallest absolute Gasteiger partial charge is 0.252 e. The summed E-state index contributed by atoms with van der Waals surface area (Å²) >= 11 is 5.97. The summed E-state index contributed by atoms with van der Waals surface area (Å²) < 4.78 is 0. The van der Waals surface area contributed by atoms with Crippen molar-refractivity contribution in [2.45, 2.75) is 6.42 Å². The minimum Gasteiger partial charge on any atom is -0.399 e. The SMILES string of the molecule is Nc1ccc(C(=O)NCCc2cccnc2)c(Cl)c1. The zero-order chi connectivity index (χ0) is 13.7. The van der Waals surface area contributed by atoms with E-state index in [1.165, 1.54) is 0 Å². The Morgan fingerprint density at radius 1 is 1.37 bits per heavy atom. The number of amides is 1. The highest BCUT2D eigenvalue weighted by atomic mass is 35.5. The largest absolute Gasteiger partial charge is 0.399 e. The first-order valence-electron chi connectivity index (χ1n) is 5.89. The molecule has 0 spiro atoms. The molecule has 98 valence electrons. The summed E-state index contributed by atoms with van der Waals surface area (Å²) in [4.78, 5) is 15.9. The minimum absolute atomic E-state index is 0.200. The number of carbonyl (C=O) groups is 1. The van der Waals surface area contributed by atoms with Gasteiger partial charge in [0.1, 0.15) is 0 Å². The molecular formula is C14H14ClN3O. The maximum Gasteiger partial charge on any atom is 0.252 e. The Kier molecular flexibility index (Phi) is 4.36. The van der Waals surface area contributed by atoms with Crippen molar-refractivity contribution in [2.75, 3.05) is 12.3 Å². The summed E-state index contributed by atoms with van der Waals surface area (Å²) in [5.74, 6) is -0.200. The van der Waals surface area contributed by atoms with Crippen molar-refractivity contribution in [1.29, 1.82) is 0 Å². The summed E-state index contributed by atoms with van der Waals surface area (Å²) in [5, 5.41) is 3.18. The monoisotopic (exact) mass is 275 g/mol. The molecule has 1 aromatic carbocycles. The van der Waals surface area contributed by atoms with Gasteiger partial charge in [0, 0.05) is 24.6 Å². The summed E-state index contributed by atoms with van der Waals surface area (Å²) in [6.07, 6.45) is 4.23. The van der Waals surface area contributed by atoms with E-state index in [-0.39, 0.29) is 5.91 Å². The van der Waals surface area contributed by atoms with E-state index >= 15 is 0 Å². The van der Waals surface area contributed by atoms with Gasteiger partial charge in [-0.05, 0) is 36.2 Å². The molecule has 0 bridgehead atoms. The Hall–Kier alpha value is -2.07. The van der Waals surface area contributed by atoms with Gasteiger partial charge in [0.25, 0.3) is 5.91 Å². The second-order valence-electron chi connectivity index (χ2n) is 4.11. The lowest BCUT2D eigenvalue weighted by Crippen LogP contribution is -2.26. The van der Waals surface area contributed by atoms with E-state index in [9.17, 15) is 4.79 Å². The number of rotatable bonds is 4. The Bertz CT molecular complexity index is 572. The number of halogens is 1. The lowest BCUT2D eigenvalue weighted by Gasteiger charge is -2.07. The van der Waals surface area contributed by atoms with Crippen LogP contribution in [0.1, 0.15) is 15.9 Å². The van der Waals surface area contributed by atoms with E-state index in [1.54, 1.807) is 30.6 Å². The van der Waals surface area contributed by atoms with Crippen LogP contribution in [0.4, 0.5) is 5.69 Å². The van der Waals surface area contributed by atoms with Crippen LogP contribution >= 0.6 is 11.6 Å². The number of nitrogens with zero attached hydrogens (tertiary/aromatic N) is 1. The standard InChI is InChI=1S/C14H14ClN3O/c15-13-8-11(16)3-4-12(13)14(19)18-7-5-10-2-1-6-17-9-10/h1-4,6,8-9H,5,7,16H2,(H,18,19). The third-order valence-corrected chi connectivity index (χ3v) is 2.97. The molecule has 1 amide bonds. The van der Waals surface area contributed by atoms with Gasteiger partial charge in [-0.2, -0.15) is 0 Å². The van der Waals surface area contributed by atoms with E-state index in [1.807, 2.05) is 12.1 Å². The molecule has 5 heteroatoms. The molecule has 0 radical (unpaired) electrons. The highest BCUT2D eigenvalue weighted by Crippen LogP contribution is 2.18. The number of hydrogen-bond acceptors (Lipinski definition) is 3. The molecule has 0 aliphatic heterocycles. The maximum atomic E-state index is 11.9. The van der Waals surface area contributed by atoms with Crippen molar-refractivity contribution in [2.24, 2.45) is 0 Å². The molecule has 19 heavy (non-hydrogen) atoms. The number of aromatic nitrogens is 1. The molecule has 0 saturated heterocycles. The molecule has 0 fully saturated rings. The molecule has 2 rings (SSSR count). The van der Waals surface area contributed by atoms with Crippen LogP contribution in [0.5, 0.6) is 0 Å². The van der Waals surface area contributed by atoms with Crippen molar-refractivity contribution >= 4 is 23.2 Å². The second-order valence-corrected chi connectivity index (χ2v) is 4.51. The highest BCUT2D eigenvalue weighted by molar-refractivity contribution is 6.34. The highest BCUT2D eigenvalue weighted by Gasteiger charge is 2.09. The van der Waals surface area contributed by atoms with Gasteiger partial charge in [0.2, 0.25) is 0 Å². The van der Waals surface area contributed by atoms with E-state index in [4.69, 9.17) is 17.3 Å². The zero-order valence-corrected chi connectivity index (χ0v) is 11.0. The summed E-state index contributed by atoms with van der Waals surface area (Å²) in [6, 6.07) is 8.68. The number of benzene rings is 1. The first-order chi connectivity index (χ1) is 9.16. The molecule has 4 nitrogen and oxygen atoms in total. The quantitative estimate of drug-likeness (QED) is 0.841. The van der Waals surface area contributed by atoms with Crippen LogP contribution in [-0.4, -0.2) is 17.4 Å². The average molecular weight is 276 g/mol. The van der Waals surface area contributed by atoms with Crippen LogP contribution in [0.2, 0.25) is 5.02 Å². The van der Waals surface area contributed by atoms with E-state index in [0.717, 1.165) is 12.0 Å². The summed E-state index contributed by atoms with van der Waals surface area (Å²) in [5.41, 5.74) is 7.63. The number of nitrogens with two attached hydrogens (primary N) is 1. The first-order valence-corrected chi connectivity index (χ1v) is 6.27. The van der Waals surface area contributed by atoms with Gasteiger partial charge in [0.05, 0.1) is 10.6 Å². The fraction of sp³-hybridized carbons (Fsp3) is 0.143. The maximum absolute atomic E-state index is 11.9. The molecule has 0 saturated carbocycles. The van der Waals surface area contributed by atoms with Crippen LogP contribution in [0.3, 0.4) is 0 Å². The molecule has 0 unspecified atom stereocenters. The van der Waals surface area contributed by atoms with Crippen LogP contribution in [0, 0.1) is 0 Å². The van der Waals surface area contributed by atoms with Gasteiger partial charge in [0.15, 0.2) is 0 Å². The Balaban J connectivity index is 1.91. The van der Waals surface area contributed by atoms with Crippen molar-refractivity contribution in [3.63, 3.8) is 0 Å². The van der Waals surface area contributed by atoms with Crippen LogP contribution in [0.25, 0.3) is 0 Å². The van der Waals surface area contributed by atoms with Crippen LogP contribution in [-0.2, 0) is 6.42 Å².